The van der Waals surface area contributed by atoms with Gasteiger partial charge in [-0.2, -0.15) is 0 Å². The van der Waals surface area contributed by atoms with E-state index >= 15 is 0 Å². The Hall–Kier alpha value is -3.81. The fourth-order valence-corrected chi connectivity index (χ4v) is 8.63. The molecule has 198 valence electrons. The summed E-state index contributed by atoms with van der Waals surface area (Å²) in [5.41, 5.74) is 2.82. The molecule has 4 aromatic rings. The van der Waals surface area contributed by atoms with Gasteiger partial charge in [-0.25, -0.2) is 12.7 Å². The van der Waals surface area contributed by atoms with E-state index in [-0.39, 0.29) is 4.90 Å². The van der Waals surface area contributed by atoms with Crippen molar-refractivity contribution < 1.29 is 17.9 Å². The van der Waals surface area contributed by atoms with Gasteiger partial charge in [0, 0.05) is 43.2 Å². The van der Waals surface area contributed by atoms with Crippen LogP contribution < -0.4 is 13.8 Å². The monoisotopic (exact) mass is 538 g/mol. The van der Waals surface area contributed by atoms with E-state index in [0.29, 0.717) is 30.2 Å². The second kappa shape index (κ2) is 8.60. The lowest BCUT2D eigenvalue weighted by molar-refractivity contribution is -0.0401. The van der Waals surface area contributed by atoms with E-state index in [1.54, 1.807) is 23.5 Å². The third-order valence-corrected chi connectivity index (χ3v) is 10.4. The highest BCUT2D eigenvalue weighted by atomic mass is 32.2. The normalized spacial score (nSPS) is 23.4. The van der Waals surface area contributed by atoms with E-state index < -0.39 is 21.2 Å². The third-order valence-electron chi connectivity index (χ3n) is 8.53. The van der Waals surface area contributed by atoms with Gasteiger partial charge in [-0.05, 0) is 42.8 Å². The lowest BCUT2D eigenvalue weighted by atomic mass is 9.71. The number of sulfonamides is 1. The molecule has 6 nitrogen and oxygen atoms in total. The summed E-state index contributed by atoms with van der Waals surface area (Å²) in [4.78, 5) is 2.63. The Labute approximate surface area is 229 Å². The molecule has 1 fully saturated rings. The molecule has 0 aromatic heterocycles. The lowest BCUT2D eigenvalue weighted by Crippen LogP contribution is -2.65. The Bertz CT molecular complexity index is 1670. The van der Waals surface area contributed by atoms with Gasteiger partial charge in [0.05, 0.1) is 17.7 Å². The first-order chi connectivity index (χ1) is 18.9. The molecule has 0 spiro atoms. The van der Waals surface area contributed by atoms with Crippen LogP contribution in [0, 0.1) is 6.92 Å². The Morgan fingerprint density at radius 1 is 0.897 bits per heavy atom. The van der Waals surface area contributed by atoms with Gasteiger partial charge in [0.25, 0.3) is 10.0 Å². The molecule has 3 heterocycles. The van der Waals surface area contributed by atoms with Crippen LogP contribution in [0.5, 0.6) is 11.5 Å². The number of para-hydroxylation sites is 1. The highest BCUT2D eigenvalue weighted by molar-refractivity contribution is 7.93. The van der Waals surface area contributed by atoms with Gasteiger partial charge >= 0.3 is 0 Å². The van der Waals surface area contributed by atoms with Crippen molar-refractivity contribution >= 4 is 15.7 Å². The number of benzene rings is 4. The molecule has 7 rings (SSSR count). The van der Waals surface area contributed by atoms with E-state index in [2.05, 4.69) is 17.0 Å². The summed E-state index contributed by atoms with van der Waals surface area (Å²) in [6, 6.07) is 31.1. The summed E-state index contributed by atoms with van der Waals surface area (Å²) in [5, 5.41) is 0. The van der Waals surface area contributed by atoms with Crippen LogP contribution in [0.25, 0.3) is 0 Å². The Kier molecular flexibility index (Phi) is 5.34. The topological polar surface area (TPSA) is 59.1 Å². The van der Waals surface area contributed by atoms with Gasteiger partial charge in [0.15, 0.2) is 5.60 Å². The van der Waals surface area contributed by atoms with Crippen molar-refractivity contribution in [3.63, 3.8) is 0 Å². The predicted octanol–water partition coefficient (Wildman–Crippen LogP) is 5.60. The molecule has 0 saturated carbocycles. The zero-order valence-electron chi connectivity index (χ0n) is 22.0. The van der Waals surface area contributed by atoms with Crippen molar-refractivity contribution in [1.29, 1.82) is 0 Å². The van der Waals surface area contributed by atoms with E-state index in [4.69, 9.17) is 9.47 Å². The first-order valence-corrected chi connectivity index (χ1v) is 14.7. The first-order valence-electron chi connectivity index (χ1n) is 13.2. The Balaban J connectivity index is 1.48. The van der Waals surface area contributed by atoms with Crippen molar-refractivity contribution in [1.82, 2.24) is 4.90 Å². The quantitative estimate of drug-likeness (QED) is 0.331. The van der Waals surface area contributed by atoms with Crippen LogP contribution in [-0.4, -0.2) is 33.5 Å². The molecule has 1 saturated heterocycles. The molecule has 0 aliphatic carbocycles. The second-order valence-electron chi connectivity index (χ2n) is 10.7. The van der Waals surface area contributed by atoms with Crippen LogP contribution in [-0.2, 0) is 27.7 Å². The Morgan fingerprint density at radius 3 is 2.41 bits per heavy atom. The van der Waals surface area contributed by atoms with Crippen molar-refractivity contribution in [2.24, 2.45) is 0 Å². The first kappa shape index (κ1) is 24.2. The fourth-order valence-electron chi connectivity index (χ4n) is 6.81. The SMILES string of the molecule is COc1ccc2c(c1)O[C@]13CCN(Cc4ccccc4)C[C@]21N(S(=O)(=O)c1ccc(C)cc1)c1ccccc13. The highest BCUT2D eigenvalue weighted by Crippen LogP contribution is 2.67. The molecule has 2 atom stereocenters. The minimum atomic E-state index is -3.97. The maximum atomic E-state index is 14.7. The minimum Gasteiger partial charge on any atom is -0.497 e. The third kappa shape index (κ3) is 3.33. The maximum Gasteiger partial charge on any atom is 0.265 e. The maximum absolute atomic E-state index is 14.7. The van der Waals surface area contributed by atoms with Crippen molar-refractivity contribution in [2.75, 3.05) is 24.5 Å². The average Bonchev–Trinajstić information content (AvgIpc) is 3.38. The van der Waals surface area contributed by atoms with Gasteiger partial charge in [-0.3, -0.25) is 4.90 Å². The van der Waals surface area contributed by atoms with Crippen LogP contribution in [0.2, 0.25) is 0 Å². The van der Waals surface area contributed by atoms with Gasteiger partial charge in [0.2, 0.25) is 0 Å². The second-order valence-corrected chi connectivity index (χ2v) is 12.5. The smallest absolute Gasteiger partial charge is 0.265 e. The average molecular weight is 539 g/mol. The molecule has 3 aliphatic heterocycles. The molecule has 0 bridgehead atoms. The Morgan fingerprint density at radius 2 is 1.64 bits per heavy atom. The van der Waals surface area contributed by atoms with Crippen LogP contribution in [0.4, 0.5) is 5.69 Å². The standard InChI is InChI=1S/C32H30N2O4S/c1-23-12-15-26(16-13-23)39(35,36)34-29-11-7-6-10-27(29)32-18-19-33(21-24-8-4-3-5-9-24)22-31(32,34)28-17-14-25(37-2)20-30(28)38-32/h3-17,20H,18-19,21-22H2,1-2H3/t31-,32-/m0/s1. The molecule has 7 heteroatoms. The van der Waals surface area contributed by atoms with Gasteiger partial charge in [0.1, 0.15) is 17.0 Å². The fraction of sp³-hybridized carbons (Fsp3) is 0.250. The van der Waals surface area contributed by atoms with Crippen LogP contribution >= 0.6 is 0 Å². The summed E-state index contributed by atoms with van der Waals surface area (Å²) < 4.78 is 43.6. The van der Waals surface area contributed by atoms with Gasteiger partial charge < -0.3 is 9.47 Å². The molecule has 0 amide bonds. The minimum absolute atomic E-state index is 0.273. The van der Waals surface area contributed by atoms with Crippen LogP contribution in [0.1, 0.15) is 28.7 Å². The lowest BCUT2D eigenvalue weighted by Gasteiger charge is -2.50. The molecule has 3 aliphatic rings. The largest absolute Gasteiger partial charge is 0.497 e. The molecule has 0 N–H and O–H groups in total. The van der Waals surface area contributed by atoms with Crippen LogP contribution in [0.3, 0.4) is 0 Å². The van der Waals surface area contributed by atoms with E-state index in [9.17, 15) is 8.42 Å². The van der Waals surface area contributed by atoms with Crippen molar-refractivity contribution in [3.8, 4) is 11.5 Å². The number of piperidine rings is 1. The van der Waals surface area contributed by atoms with Crippen molar-refractivity contribution in [3.05, 3.63) is 119 Å². The molecule has 4 aromatic carbocycles. The molecule has 0 unspecified atom stereocenters. The zero-order valence-corrected chi connectivity index (χ0v) is 22.8. The number of rotatable bonds is 5. The van der Waals surface area contributed by atoms with E-state index in [1.807, 2.05) is 79.7 Å². The highest BCUT2D eigenvalue weighted by Gasteiger charge is 2.73. The van der Waals surface area contributed by atoms with Gasteiger partial charge in [-0.15, -0.1) is 0 Å². The van der Waals surface area contributed by atoms with E-state index in [1.165, 1.54) is 5.56 Å². The predicted molar refractivity (Wildman–Crippen MR) is 151 cm³/mol. The number of likely N-dealkylation sites (tertiary alicyclic amines) is 1. The molecule has 0 radical (unpaired) electrons. The summed E-state index contributed by atoms with van der Waals surface area (Å²) in [5.74, 6) is 1.36. The number of fused-ring (bicyclic) bond motifs is 2. The number of aryl methyl sites for hydroxylation is 1. The number of hydrogen-bond acceptors (Lipinski definition) is 5. The number of hydrogen-bond donors (Lipinski definition) is 0. The zero-order chi connectivity index (χ0) is 26.8. The summed E-state index contributed by atoms with van der Waals surface area (Å²) >= 11 is 0. The number of anilines is 1. The summed E-state index contributed by atoms with van der Waals surface area (Å²) in [7, 11) is -2.34. The van der Waals surface area contributed by atoms with Gasteiger partial charge in [-0.1, -0.05) is 66.2 Å². The molecule has 39 heavy (non-hydrogen) atoms. The molecular formula is C32H30N2O4S. The molecular weight excluding hydrogens is 508 g/mol. The summed E-state index contributed by atoms with van der Waals surface area (Å²) in [6.07, 6.45) is 0.647. The van der Waals surface area contributed by atoms with Crippen molar-refractivity contribution in [2.45, 2.75) is 35.9 Å². The number of nitrogens with zero attached hydrogens (tertiary/aromatic N) is 2. The number of ether oxygens (including phenoxy) is 2. The summed E-state index contributed by atoms with van der Waals surface area (Å²) in [6.45, 7) is 3.94. The number of methoxy groups -OCH3 is 1. The van der Waals surface area contributed by atoms with Crippen LogP contribution in [0.15, 0.2) is 102 Å². The van der Waals surface area contributed by atoms with E-state index in [0.717, 1.165) is 29.8 Å².